The predicted octanol–water partition coefficient (Wildman–Crippen LogP) is 1.83. The minimum absolute atomic E-state index is 0.640. The number of fused-ring (bicyclic) bond motifs is 7. The lowest BCUT2D eigenvalue weighted by atomic mass is 10.2. The van der Waals surface area contributed by atoms with Crippen molar-refractivity contribution < 1.29 is 0 Å². The zero-order valence-electron chi connectivity index (χ0n) is 12.2. The summed E-state index contributed by atoms with van der Waals surface area (Å²) in [6.45, 7) is 7.12. The normalized spacial score (nSPS) is 28.5. The van der Waals surface area contributed by atoms with Crippen molar-refractivity contribution in [2.45, 2.75) is 0 Å². The molecule has 0 atom stereocenters. The molecule has 6 nitrogen and oxygen atoms in total. The van der Waals surface area contributed by atoms with E-state index in [1.54, 1.807) is 0 Å². The van der Waals surface area contributed by atoms with Gasteiger partial charge in [0.05, 0.1) is 29.5 Å². The standard InChI is InChI=1S/C17H12N6/c1-3-16-17-4-2-15(19-17)10-21-6-8-23(12-21)13-22-7-5-20(11-22)9-14(1)18-16/h1-10H,13H2/b14-9-,15-10-. The minimum Gasteiger partial charge on any atom is -0.328 e. The van der Waals surface area contributed by atoms with Gasteiger partial charge in [-0.15, -0.1) is 0 Å². The van der Waals surface area contributed by atoms with Gasteiger partial charge in [-0.05, 0) is 24.3 Å². The Balaban J connectivity index is 1.53. The first-order chi connectivity index (χ1) is 11.3. The topological polar surface area (TPSA) is 37.7 Å². The van der Waals surface area contributed by atoms with Crippen LogP contribution in [0.25, 0.3) is 0 Å². The van der Waals surface area contributed by atoms with E-state index in [-0.39, 0.29) is 0 Å². The van der Waals surface area contributed by atoms with Gasteiger partial charge in [0, 0.05) is 37.2 Å². The second kappa shape index (κ2) is 4.74. The average molecular weight is 300 g/mol. The number of hydrogen-bond acceptors (Lipinski definition) is 6. The van der Waals surface area contributed by atoms with Crippen molar-refractivity contribution in [2.24, 2.45) is 9.98 Å². The summed E-state index contributed by atoms with van der Waals surface area (Å²) in [7, 11) is 0. The molecule has 0 fully saturated rings. The summed E-state index contributed by atoms with van der Waals surface area (Å²) in [4.78, 5) is 16.9. The van der Waals surface area contributed by atoms with Crippen molar-refractivity contribution in [3.8, 4) is 0 Å². The van der Waals surface area contributed by atoms with Gasteiger partial charge in [0.2, 0.25) is 13.3 Å². The smallest absolute Gasteiger partial charge is 0.213 e. The zero-order chi connectivity index (χ0) is 15.2. The summed E-state index contributed by atoms with van der Waals surface area (Å²) in [5, 5.41) is 0. The first kappa shape index (κ1) is 12.5. The van der Waals surface area contributed by atoms with Crippen LogP contribution in [0.15, 0.2) is 82.9 Å². The molecular formula is C17H12N6. The molecule has 5 aliphatic heterocycles. The second-order valence-corrected chi connectivity index (χ2v) is 5.46. The Morgan fingerprint density at radius 3 is 1.74 bits per heavy atom. The maximum absolute atomic E-state index is 4.61. The molecule has 5 heterocycles. The highest BCUT2D eigenvalue weighted by Gasteiger charge is 2.21. The molecule has 0 aromatic heterocycles. The SMILES string of the molecule is [C]1N2C=CN1CN1[C]N(C=C1)/C=C1/C=CC(=N1)C1=N/C(=C\2)C=C1. The van der Waals surface area contributed by atoms with Crippen LogP contribution in [0.5, 0.6) is 0 Å². The zero-order valence-corrected chi connectivity index (χ0v) is 12.2. The van der Waals surface area contributed by atoms with Crippen LogP contribution in [0.2, 0.25) is 0 Å². The Morgan fingerprint density at radius 2 is 1.22 bits per heavy atom. The maximum Gasteiger partial charge on any atom is 0.213 e. The van der Waals surface area contributed by atoms with E-state index in [1.807, 2.05) is 81.1 Å². The van der Waals surface area contributed by atoms with Crippen LogP contribution in [-0.4, -0.2) is 37.7 Å². The summed E-state index contributed by atoms with van der Waals surface area (Å²) in [6.07, 6.45) is 19.6. The van der Waals surface area contributed by atoms with E-state index in [0.29, 0.717) is 6.67 Å². The fraction of sp³-hybridized carbons (Fsp3) is 0.0588. The fourth-order valence-electron chi connectivity index (χ4n) is 2.67. The monoisotopic (exact) mass is 300 g/mol. The van der Waals surface area contributed by atoms with Gasteiger partial charge in [-0.3, -0.25) is 0 Å². The van der Waals surface area contributed by atoms with Gasteiger partial charge in [-0.2, -0.15) is 0 Å². The lowest BCUT2D eigenvalue weighted by molar-refractivity contribution is 0.261. The number of allylic oxidation sites excluding steroid dienone is 4. The molecule has 8 bridgehead atoms. The number of aliphatic imine (C=N–C) groups is 2. The van der Waals surface area contributed by atoms with Gasteiger partial charge >= 0.3 is 0 Å². The van der Waals surface area contributed by atoms with Crippen molar-refractivity contribution >= 4 is 11.4 Å². The van der Waals surface area contributed by atoms with Crippen molar-refractivity contribution in [1.82, 2.24) is 19.6 Å². The third-order valence-electron chi connectivity index (χ3n) is 3.74. The highest BCUT2D eigenvalue weighted by atomic mass is 15.4. The van der Waals surface area contributed by atoms with E-state index in [0.717, 1.165) is 22.8 Å². The Labute approximate surface area is 134 Å². The van der Waals surface area contributed by atoms with Gasteiger partial charge in [-0.25, -0.2) is 9.98 Å². The summed E-state index contributed by atoms with van der Waals surface area (Å²) < 4.78 is 0. The molecule has 5 rings (SSSR count). The molecule has 6 heteroatoms. The van der Waals surface area contributed by atoms with E-state index < -0.39 is 0 Å². The lowest BCUT2D eigenvalue weighted by Crippen LogP contribution is -2.28. The van der Waals surface area contributed by atoms with Crippen LogP contribution in [0, 0.1) is 13.3 Å². The van der Waals surface area contributed by atoms with Crippen molar-refractivity contribution in [1.29, 1.82) is 0 Å². The molecule has 0 saturated heterocycles. The van der Waals surface area contributed by atoms with Crippen molar-refractivity contribution in [2.75, 3.05) is 6.67 Å². The van der Waals surface area contributed by atoms with Crippen LogP contribution >= 0.6 is 0 Å². The molecular weight excluding hydrogens is 288 g/mol. The molecule has 0 aliphatic carbocycles. The van der Waals surface area contributed by atoms with Crippen LogP contribution in [-0.2, 0) is 0 Å². The molecule has 0 amide bonds. The Morgan fingerprint density at radius 1 is 0.696 bits per heavy atom. The maximum atomic E-state index is 4.61. The summed E-state index contributed by atoms with van der Waals surface area (Å²) >= 11 is 0. The van der Waals surface area contributed by atoms with Gasteiger partial charge in [0.15, 0.2) is 0 Å². The molecule has 0 N–H and O–H groups in total. The molecule has 0 saturated carbocycles. The molecule has 0 spiro atoms. The van der Waals surface area contributed by atoms with E-state index in [9.17, 15) is 0 Å². The highest BCUT2D eigenvalue weighted by molar-refractivity contribution is 6.51. The third-order valence-corrected chi connectivity index (χ3v) is 3.74. The largest absolute Gasteiger partial charge is 0.328 e. The van der Waals surface area contributed by atoms with Crippen LogP contribution in [0.3, 0.4) is 0 Å². The first-order valence-electron chi connectivity index (χ1n) is 7.29. The quantitative estimate of drug-likeness (QED) is 0.684. The molecule has 23 heavy (non-hydrogen) atoms. The fourth-order valence-corrected chi connectivity index (χ4v) is 2.67. The summed E-state index contributed by atoms with van der Waals surface area (Å²) in [5.41, 5.74) is 3.51. The van der Waals surface area contributed by atoms with Crippen molar-refractivity contribution in [3.63, 3.8) is 0 Å². The highest BCUT2D eigenvalue weighted by Crippen LogP contribution is 2.22. The third kappa shape index (κ3) is 2.28. The predicted molar refractivity (Wildman–Crippen MR) is 86.3 cm³/mol. The summed E-state index contributed by atoms with van der Waals surface area (Å²) in [6, 6.07) is 0. The molecule has 0 unspecified atom stereocenters. The van der Waals surface area contributed by atoms with Gasteiger partial charge in [-0.1, -0.05) is 0 Å². The number of rotatable bonds is 0. The van der Waals surface area contributed by atoms with E-state index in [4.69, 9.17) is 0 Å². The Kier molecular flexibility index (Phi) is 2.58. The minimum atomic E-state index is 0.640. The van der Waals surface area contributed by atoms with Crippen LogP contribution in [0.4, 0.5) is 0 Å². The van der Waals surface area contributed by atoms with E-state index in [2.05, 4.69) is 23.3 Å². The first-order valence-corrected chi connectivity index (χ1v) is 7.29. The molecule has 110 valence electrons. The molecule has 0 aromatic rings. The molecule has 4 radical (unpaired) electrons. The van der Waals surface area contributed by atoms with Gasteiger partial charge < -0.3 is 19.6 Å². The second-order valence-electron chi connectivity index (χ2n) is 5.46. The van der Waals surface area contributed by atoms with Crippen LogP contribution in [0.1, 0.15) is 0 Å². The van der Waals surface area contributed by atoms with E-state index >= 15 is 0 Å². The molecule has 0 aromatic carbocycles. The number of hydrogen-bond donors (Lipinski definition) is 0. The van der Waals surface area contributed by atoms with Gasteiger partial charge in [0.1, 0.15) is 0 Å². The van der Waals surface area contributed by atoms with Gasteiger partial charge in [0.25, 0.3) is 0 Å². The molecule has 5 aliphatic rings. The summed E-state index contributed by atoms with van der Waals surface area (Å²) in [5.74, 6) is 0. The average Bonchev–Trinajstić information content (AvgIpc) is 3.28. The Hall–Kier alpha value is -3.02. The van der Waals surface area contributed by atoms with Crippen molar-refractivity contribution in [3.05, 3.63) is 86.2 Å². The Bertz CT molecular complexity index is 726. The number of nitrogens with zero attached hydrogens (tertiary/aromatic N) is 6. The van der Waals surface area contributed by atoms with Crippen LogP contribution < -0.4 is 0 Å². The lowest BCUT2D eigenvalue weighted by Gasteiger charge is -2.23. The van der Waals surface area contributed by atoms with E-state index in [1.165, 1.54) is 0 Å².